The lowest BCUT2D eigenvalue weighted by molar-refractivity contribution is -0.227. The van der Waals surface area contributed by atoms with E-state index < -0.39 is 17.6 Å². The summed E-state index contributed by atoms with van der Waals surface area (Å²) in [4.78, 5) is 29.4. The van der Waals surface area contributed by atoms with Crippen molar-refractivity contribution in [1.82, 2.24) is 14.7 Å². The predicted molar refractivity (Wildman–Crippen MR) is 148 cm³/mol. The van der Waals surface area contributed by atoms with Crippen LogP contribution in [0, 0.1) is 10.8 Å². The third kappa shape index (κ3) is 5.68. The fourth-order valence-electron chi connectivity index (χ4n) is 6.77. The molecule has 0 bridgehead atoms. The highest BCUT2D eigenvalue weighted by atomic mass is 35.5. The Morgan fingerprint density at radius 2 is 1.88 bits per heavy atom. The highest BCUT2D eigenvalue weighted by Crippen LogP contribution is 2.59. The number of ether oxygens (including phenoxy) is 3. The number of piperidine rings is 1. The van der Waals surface area contributed by atoms with Gasteiger partial charge in [0, 0.05) is 48.0 Å². The van der Waals surface area contributed by atoms with Gasteiger partial charge in [0.05, 0.1) is 30.9 Å². The molecule has 2 aromatic rings. The first kappa shape index (κ1) is 29.7. The molecule has 3 fully saturated rings. The van der Waals surface area contributed by atoms with E-state index in [0.29, 0.717) is 52.3 Å². The highest BCUT2D eigenvalue weighted by molar-refractivity contribution is 6.30. The number of aromatic nitrogens is 2. The second kappa shape index (κ2) is 11.5. The van der Waals surface area contributed by atoms with Crippen LogP contribution in [0.25, 0.3) is 0 Å². The number of halogens is 3. The van der Waals surface area contributed by atoms with Crippen LogP contribution in [0.1, 0.15) is 58.1 Å². The van der Waals surface area contributed by atoms with Crippen LogP contribution in [-0.2, 0) is 24.6 Å². The average molecular weight is 595 g/mol. The van der Waals surface area contributed by atoms with Crippen LogP contribution in [0.2, 0.25) is 5.02 Å². The van der Waals surface area contributed by atoms with Gasteiger partial charge in [-0.3, -0.25) is 14.3 Å². The molecule has 3 aliphatic rings. The van der Waals surface area contributed by atoms with Crippen molar-refractivity contribution in [2.24, 2.45) is 10.8 Å². The monoisotopic (exact) mass is 594 g/mol. The first-order valence-corrected chi connectivity index (χ1v) is 14.5. The lowest BCUT2D eigenvalue weighted by Gasteiger charge is -2.60. The maximum atomic E-state index is 14.1. The molecule has 1 aromatic heterocycles. The molecule has 1 aromatic carbocycles. The highest BCUT2D eigenvalue weighted by Gasteiger charge is 2.63. The van der Waals surface area contributed by atoms with E-state index in [9.17, 15) is 18.4 Å². The van der Waals surface area contributed by atoms with Gasteiger partial charge in [-0.1, -0.05) is 25.4 Å². The van der Waals surface area contributed by atoms with Gasteiger partial charge >= 0.3 is 12.6 Å². The molecule has 0 unspecified atom stereocenters. The lowest BCUT2D eigenvalue weighted by atomic mass is 9.51. The molecule has 2 aliphatic heterocycles. The molecule has 1 saturated carbocycles. The molecule has 0 radical (unpaired) electrons. The molecule has 2 saturated heterocycles. The molecule has 9 nitrogen and oxygen atoms in total. The van der Waals surface area contributed by atoms with Gasteiger partial charge in [-0.15, -0.1) is 0 Å². The van der Waals surface area contributed by atoms with E-state index in [-0.39, 0.29) is 39.7 Å². The number of nitrogens with one attached hydrogen (secondary N) is 1. The normalized spacial score (nSPS) is 20.9. The molecular weight excluding hydrogens is 558 g/mol. The minimum atomic E-state index is -3.08. The Morgan fingerprint density at radius 3 is 2.46 bits per heavy atom. The number of carbonyl (C=O) groups is 2. The minimum Gasteiger partial charge on any atom is -0.466 e. The summed E-state index contributed by atoms with van der Waals surface area (Å²) in [6, 6.07) is 6.10. The van der Waals surface area contributed by atoms with Crippen LogP contribution in [0.3, 0.4) is 0 Å². The number of esters is 1. The zero-order valence-electron chi connectivity index (χ0n) is 23.6. The zero-order valence-corrected chi connectivity index (χ0v) is 24.4. The summed E-state index contributed by atoms with van der Waals surface area (Å²) in [6.45, 7) is 6.10. The fraction of sp³-hybridized carbons (Fsp3) is 0.621. The number of nitrogens with zero attached hydrogens (tertiary/aromatic N) is 3. The van der Waals surface area contributed by atoms with Crippen molar-refractivity contribution < 1.29 is 32.6 Å². The summed E-state index contributed by atoms with van der Waals surface area (Å²) in [5.74, 6) is -0.668. The van der Waals surface area contributed by atoms with Gasteiger partial charge in [-0.2, -0.15) is 13.9 Å². The molecule has 1 spiro atoms. The van der Waals surface area contributed by atoms with Gasteiger partial charge in [0.25, 0.3) is 5.91 Å². The SMILES string of the molecule is CCOC(=O)C1(CN2CCC(C(=O)Nc3ccc(Cl)cc3OC(F)F)(n3nccc3C(C)C)CC2)CC2(COC2)C1. The van der Waals surface area contributed by atoms with Gasteiger partial charge in [0.2, 0.25) is 0 Å². The quantitative estimate of drug-likeness (QED) is 0.385. The third-order valence-corrected chi connectivity index (χ3v) is 8.90. The molecule has 41 heavy (non-hydrogen) atoms. The standard InChI is InChI=1S/C29H37ClF2N4O5/c1-4-40-25(38)28(14-27(15-28)17-39-18-27)16-35-11-8-29(9-12-35,36-22(19(2)3)7-10-33-36)24(37)34-21-6-5-20(30)13-23(21)41-26(31)32/h5-7,10,13,19,26H,4,8-9,11-12,14-18H2,1-3H3,(H,34,37). The smallest absolute Gasteiger partial charge is 0.387 e. The number of amides is 1. The molecule has 1 N–H and O–H groups in total. The van der Waals surface area contributed by atoms with Crippen molar-refractivity contribution in [3.8, 4) is 5.75 Å². The van der Waals surface area contributed by atoms with Crippen LogP contribution in [0.5, 0.6) is 5.75 Å². The second-order valence-corrected chi connectivity index (χ2v) is 12.4. The molecule has 5 rings (SSSR count). The van der Waals surface area contributed by atoms with E-state index in [4.69, 9.17) is 21.1 Å². The van der Waals surface area contributed by atoms with Crippen molar-refractivity contribution in [3.63, 3.8) is 0 Å². The molecule has 12 heteroatoms. The number of anilines is 1. The van der Waals surface area contributed by atoms with Gasteiger partial charge < -0.3 is 24.4 Å². The van der Waals surface area contributed by atoms with Crippen molar-refractivity contribution >= 4 is 29.2 Å². The number of rotatable bonds is 10. The molecule has 1 amide bonds. The zero-order chi connectivity index (χ0) is 29.4. The van der Waals surface area contributed by atoms with Crippen LogP contribution < -0.4 is 10.1 Å². The van der Waals surface area contributed by atoms with Crippen LogP contribution in [0.15, 0.2) is 30.5 Å². The predicted octanol–water partition coefficient (Wildman–Crippen LogP) is 5.05. The van der Waals surface area contributed by atoms with E-state index in [1.54, 1.807) is 10.9 Å². The third-order valence-electron chi connectivity index (χ3n) is 8.66. The maximum Gasteiger partial charge on any atom is 0.387 e. The summed E-state index contributed by atoms with van der Waals surface area (Å²) >= 11 is 6.01. The Labute approximate surface area is 243 Å². The number of likely N-dealkylation sites (tertiary alicyclic amines) is 1. The van der Waals surface area contributed by atoms with E-state index in [2.05, 4.69) is 20.1 Å². The summed E-state index contributed by atoms with van der Waals surface area (Å²) in [5, 5.41) is 7.61. The lowest BCUT2D eigenvalue weighted by Crippen LogP contribution is -2.65. The number of hydrogen-bond acceptors (Lipinski definition) is 7. The largest absolute Gasteiger partial charge is 0.466 e. The molecular formula is C29H37ClF2N4O5. The number of hydrogen-bond donors (Lipinski definition) is 1. The Hall–Kier alpha value is -2.76. The Balaban J connectivity index is 1.39. The van der Waals surface area contributed by atoms with E-state index >= 15 is 0 Å². The van der Waals surface area contributed by atoms with Crippen LogP contribution in [-0.4, -0.2) is 72.6 Å². The number of alkyl halides is 2. The second-order valence-electron chi connectivity index (χ2n) is 12.0. The number of carbonyl (C=O) groups excluding carboxylic acids is 2. The summed E-state index contributed by atoms with van der Waals surface area (Å²) in [7, 11) is 0. The Morgan fingerprint density at radius 1 is 1.17 bits per heavy atom. The summed E-state index contributed by atoms with van der Waals surface area (Å²) in [5.41, 5.74) is -0.599. The van der Waals surface area contributed by atoms with Crippen LogP contribution in [0.4, 0.5) is 14.5 Å². The van der Waals surface area contributed by atoms with Gasteiger partial charge in [0.15, 0.2) is 5.75 Å². The first-order chi connectivity index (χ1) is 19.5. The molecule has 1 aliphatic carbocycles. The average Bonchev–Trinajstić information content (AvgIpc) is 3.38. The Bertz CT molecular complexity index is 1270. The fourth-order valence-corrected chi connectivity index (χ4v) is 6.93. The first-order valence-electron chi connectivity index (χ1n) is 14.1. The van der Waals surface area contributed by atoms with E-state index in [0.717, 1.165) is 18.5 Å². The minimum absolute atomic E-state index is 0.0734. The van der Waals surface area contributed by atoms with Gasteiger partial charge in [-0.25, -0.2) is 0 Å². The van der Waals surface area contributed by atoms with Crippen molar-refractivity contribution in [2.45, 2.75) is 64.5 Å². The van der Waals surface area contributed by atoms with Crippen molar-refractivity contribution in [1.29, 1.82) is 0 Å². The number of benzene rings is 1. The van der Waals surface area contributed by atoms with Crippen LogP contribution >= 0.6 is 11.6 Å². The van der Waals surface area contributed by atoms with Gasteiger partial charge in [0.1, 0.15) is 5.54 Å². The van der Waals surface area contributed by atoms with Crippen molar-refractivity contribution in [3.05, 3.63) is 41.2 Å². The summed E-state index contributed by atoms with van der Waals surface area (Å²) in [6.07, 6.45) is 3.97. The topological polar surface area (TPSA) is 94.9 Å². The van der Waals surface area contributed by atoms with E-state index in [1.807, 2.05) is 26.8 Å². The molecule has 0 atom stereocenters. The molecule has 3 heterocycles. The van der Waals surface area contributed by atoms with Crippen molar-refractivity contribution in [2.75, 3.05) is 44.8 Å². The summed E-state index contributed by atoms with van der Waals surface area (Å²) < 4.78 is 43.6. The van der Waals surface area contributed by atoms with E-state index in [1.165, 1.54) is 18.2 Å². The molecule has 224 valence electrons. The van der Waals surface area contributed by atoms with Gasteiger partial charge in [-0.05, 0) is 56.7 Å². The Kier molecular flexibility index (Phi) is 8.33. The maximum absolute atomic E-state index is 14.1.